The maximum absolute atomic E-state index is 12.0. The number of benzene rings is 1. The highest BCUT2D eigenvalue weighted by Gasteiger charge is 2.18. The molecule has 0 spiro atoms. The van der Waals surface area contributed by atoms with Gasteiger partial charge in [0.1, 0.15) is 0 Å². The van der Waals surface area contributed by atoms with Gasteiger partial charge < -0.3 is 10.6 Å². The van der Waals surface area contributed by atoms with Crippen LogP contribution < -0.4 is 10.6 Å². The fourth-order valence-electron chi connectivity index (χ4n) is 2.67. The molecule has 0 aliphatic carbocycles. The van der Waals surface area contributed by atoms with E-state index in [1.54, 1.807) is 24.3 Å². The van der Waals surface area contributed by atoms with Gasteiger partial charge in [-0.05, 0) is 49.6 Å². The van der Waals surface area contributed by atoms with Gasteiger partial charge in [0.05, 0.1) is 6.54 Å². The average molecular weight is 289 g/mol. The van der Waals surface area contributed by atoms with Gasteiger partial charge in [0.25, 0.3) is 0 Å². The Morgan fingerprint density at radius 3 is 2.38 bits per heavy atom. The first kappa shape index (κ1) is 15.5. The molecule has 114 valence electrons. The fourth-order valence-corrected chi connectivity index (χ4v) is 2.67. The zero-order chi connectivity index (χ0) is 15.2. The van der Waals surface area contributed by atoms with Crippen molar-refractivity contribution in [3.63, 3.8) is 0 Å². The normalized spacial score (nSPS) is 19.0. The molecule has 1 aromatic rings. The standard InChI is InChI=1S/C16H23N3O2/c1-12-4-3-9-19(10-12)11-16(21)18-15-7-5-14(6-8-15)17-13(2)20/h5-8,12H,3-4,9-11H2,1-2H3,(H,17,20)(H,18,21). The molecular weight excluding hydrogens is 266 g/mol. The molecule has 0 aromatic heterocycles. The Hall–Kier alpha value is -1.88. The number of likely N-dealkylation sites (tertiary alicyclic amines) is 1. The Labute approximate surface area is 125 Å². The third-order valence-corrected chi connectivity index (χ3v) is 3.60. The summed E-state index contributed by atoms with van der Waals surface area (Å²) in [5.41, 5.74) is 1.48. The predicted molar refractivity (Wildman–Crippen MR) is 84.2 cm³/mol. The number of rotatable bonds is 4. The summed E-state index contributed by atoms with van der Waals surface area (Å²) in [7, 11) is 0. The number of hydrogen-bond acceptors (Lipinski definition) is 3. The summed E-state index contributed by atoms with van der Waals surface area (Å²) < 4.78 is 0. The first-order valence-corrected chi connectivity index (χ1v) is 7.43. The van der Waals surface area contributed by atoms with Crippen molar-refractivity contribution in [2.45, 2.75) is 26.7 Å². The van der Waals surface area contributed by atoms with Crippen LogP contribution in [-0.2, 0) is 9.59 Å². The van der Waals surface area contributed by atoms with Crippen LogP contribution in [0, 0.1) is 5.92 Å². The SMILES string of the molecule is CC(=O)Nc1ccc(NC(=O)CN2CCCC(C)C2)cc1. The second kappa shape index (κ2) is 7.22. The summed E-state index contributed by atoms with van der Waals surface area (Å²) in [4.78, 5) is 25.2. The van der Waals surface area contributed by atoms with Crippen LogP contribution in [0.1, 0.15) is 26.7 Å². The Morgan fingerprint density at radius 1 is 1.19 bits per heavy atom. The van der Waals surface area contributed by atoms with Gasteiger partial charge >= 0.3 is 0 Å². The Kier molecular flexibility index (Phi) is 5.33. The van der Waals surface area contributed by atoms with E-state index in [0.29, 0.717) is 12.5 Å². The topological polar surface area (TPSA) is 61.4 Å². The molecule has 1 unspecified atom stereocenters. The smallest absolute Gasteiger partial charge is 0.238 e. The minimum absolute atomic E-state index is 0.0105. The van der Waals surface area contributed by atoms with Crippen LogP contribution in [0.4, 0.5) is 11.4 Å². The molecule has 21 heavy (non-hydrogen) atoms. The minimum Gasteiger partial charge on any atom is -0.326 e. The van der Waals surface area contributed by atoms with Gasteiger partial charge in [-0.25, -0.2) is 0 Å². The van der Waals surface area contributed by atoms with Crippen molar-refractivity contribution in [3.05, 3.63) is 24.3 Å². The van der Waals surface area contributed by atoms with Crippen molar-refractivity contribution in [3.8, 4) is 0 Å². The lowest BCUT2D eigenvalue weighted by Crippen LogP contribution is -2.39. The summed E-state index contributed by atoms with van der Waals surface area (Å²) in [6.07, 6.45) is 2.42. The van der Waals surface area contributed by atoms with E-state index in [1.165, 1.54) is 19.8 Å². The third kappa shape index (κ3) is 5.19. The minimum atomic E-state index is -0.106. The second-order valence-electron chi connectivity index (χ2n) is 5.79. The van der Waals surface area contributed by atoms with E-state index in [0.717, 1.165) is 24.5 Å². The molecule has 1 aliphatic heterocycles. The van der Waals surface area contributed by atoms with Crippen molar-refractivity contribution in [2.24, 2.45) is 5.92 Å². The molecule has 1 atom stereocenters. The van der Waals surface area contributed by atoms with E-state index in [-0.39, 0.29) is 11.8 Å². The zero-order valence-electron chi connectivity index (χ0n) is 12.7. The van der Waals surface area contributed by atoms with E-state index in [4.69, 9.17) is 0 Å². The van der Waals surface area contributed by atoms with Crippen molar-refractivity contribution in [1.29, 1.82) is 0 Å². The van der Waals surface area contributed by atoms with E-state index in [9.17, 15) is 9.59 Å². The second-order valence-corrected chi connectivity index (χ2v) is 5.79. The molecule has 0 bridgehead atoms. The maximum Gasteiger partial charge on any atom is 0.238 e. The highest BCUT2D eigenvalue weighted by molar-refractivity contribution is 5.93. The van der Waals surface area contributed by atoms with Gasteiger partial charge in [0, 0.05) is 24.8 Å². The number of hydrogen-bond donors (Lipinski definition) is 2. The molecule has 5 heteroatoms. The van der Waals surface area contributed by atoms with Crippen LogP contribution in [0.25, 0.3) is 0 Å². The first-order chi connectivity index (χ1) is 10.0. The highest BCUT2D eigenvalue weighted by atomic mass is 16.2. The Morgan fingerprint density at radius 2 is 1.81 bits per heavy atom. The van der Waals surface area contributed by atoms with Crippen molar-refractivity contribution in [1.82, 2.24) is 4.90 Å². The number of amides is 2. The van der Waals surface area contributed by atoms with Crippen LogP contribution in [0.3, 0.4) is 0 Å². The van der Waals surface area contributed by atoms with Crippen LogP contribution in [0.2, 0.25) is 0 Å². The highest BCUT2D eigenvalue weighted by Crippen LogP contribution is 2.16. The van der Waals surface area contributed by atoms with Gasteiger partial charge in [0.2, 0.25) is 11.8 Å². The molecule has 2 N–H and O–H groups in total. The molecule has 0 saturated carbocycles. The molecular formula is C16H23N3O2. The Bertz CT molecular complexity index is 499. The summed E-state index contributed by atoms with van der Waals surface area (Å²) >= 11 is 0. The molecule has 0 radical (unpaired) electrons. The fraction of sp³-hybridized carbons (Fsp3) is 0.500. The third-order valence-electron chi connectivity index (χ3n) is 3.60. The van der Waals surface area contributed by atoms with E-state index < -0.39 is 0 Å². The van der Waals surface area contributed by atoms with Crippen molar-refractivity contribution >= 4 is 23.2 Å². The summed E-state index contributed by atoms with van der Waals surface area (Å²) in [5.74, 6) is 0.575. The number of nitrogens with one attached hydrogen (secondary N) is 2. The number of carbonyl (C=O) groups is 2. The summed E-state index contributed by atoms with van der Waals surface area (Å²) in [5, 5.41) is 5.59. The van der Waals surface area contributed by atoms with E-state index >= 15 is 0 Å². The van der Waals surface area contributed by atoms with Gasteiger partial charge in [-0.15, -0.1) is 0 Å². The summed E-state index contributed by atoms with van der Waals surface area (Å²) in [6, 6.07) is 7.14. The number of nitrogens with zero attached hydrogens (tertiary/aromatic N) is 1. The van der Waals surface area contributed by atoms with Crippen LogP contribution in [0.5, 0.6) is 0 Å². The first-order valence-electron chi connectivity index (χ1n) is 7.43. The summed E-state index contributed by atoms with van der Waals surface area (Å²) in [6.45, 7) is 6.13. The number of anilines is 2. The van der Waals surface area contributed by atoms with Crippen LogP contribution >= 0.6 is 0 Å². The molecule has 2 rings (SSSR count). The van der Waals surface area contributed by atoms with Crippen molar-refractivity contribution in [2.75, 3.05) is 30.3 Å². The molecule has 1 saturated heterocycles. The van der Waals surface area contributed by atoms with Crippen LogP contribution in [-0.4, -0.2) is 36.3 Å². The average Bonchev–Trinajstić information content (AvgIpc) is 2.40. The molecule has 1 aliphatic rings. The van der Waals surface area contributed by atoms with Gasteiger partial charge in [-0.1, -0.05) is 6.92 Å². The van der Waals surface area contributed by atoms with Crippen LogP contribution in [0.15, 0.2) is 24.3 Å². The molecule has 2 amide bonds. The number of piperidine rings is 1. The molecule has 1 heterocycles. The Balaban J connectivity index is 1.83. The monoisotopic (exact) mass is 289 g/mol. The molecule has 5 nitrogen and oxygen atoms in total. The maximum atomic E-state index is 12.0. The van der Waals surface area contributed by atoms with Gasteiger partial charge in [-0.3, -0.25) is 14.5 Å². The lowest BCUT2D eigenvalue weighted by Gasteiger charge is -2.30. The number of carbonyl (C=O) groups excluding carboxylic acids is 2. The van der Waals surface area contributed by atoms with Gasteiger partial charge in [0.15, 0.2) is 0 Å². The largest absolute Gasteiger partial charge is 0.326 e. The zero-order valence-corrected chi connectivity index (χ0v) is 12.7. The molecule has 1 aromatic carbocycles. The van der Waals surface area contributed by atoms with E-state index in [1.807, 2.05) is 0 Å². The van der Waals surface area contributed by atoms with E-state index in [2.05, 4.69) is 22.5 Å². The van der Waals surface area contributed by atoms with Gasteiger partial charge in [-0.2, -0.15) is 0 Å². The quantitative estimate of drug-likeness (QED) is 0.894. The predicted octanol–water partition coefficient (Wildman–Crippen LogP) is 2.32. The lowest BCUT2D eigenvalue weighted by molar-refractivity contribution is -0.117. The van der Waals surface area contributed by atoms with Crippen molar-refractivity contribution < 1.29 is 9.59 Å². The molecule has 1 fully saturated rings. The lowest BCUT2D eigenvalue weighted by atomic mass is 10.0.